The lowest BCUT2D eigenvalue weighted by atomic mass is 9.90. The van der Waals surface area contributed by atoms with Gasteiger partial charge in [0.25, 0.3) is 0 Å². The molecule has 1 rings (SSSR count). The van der Waals surface area contributed by atoms with Crippen molar-refractivity contribution in [3.05, 3.63) is 24.0 Å². The van der Waals surface area contributed by atoms with Crippen LogP contribution in [0.2, 0.25) is 0 Å². The molecule has 0 amide bonds. The summed E-state index contributed by atoms with van der Waals surface area (Å²) < 4.78 is 0. The predicted molar refractivity (Wildman–Crippen MR) is 75.1 cm³/mol. The maximum atomic E-state index is 12.2. The molecule has 18 heavy (non-hydrogen) atoms. The molecule has 3 heteroatoms. The highest BCUT2D eigenvalue weighted by atomic mass is 16.5. The Kier molecular flexibility index (Phi) is 3.72. The SMILES string of the molecule is C=C(CC(C)(C)C)NC1=CC(C)(C)N([O])C1(C)C. The summed E-state index contributed by atoms with van der Waals surface area (Å²) >= 11 is 0. The first-order valence-electron chi connectivity index (χ1n) is 6.52. The van der Waals surface area contributed by atoms with Crippen LogP contribution in [0, 0.1) is 5.41 Å². The molecule has 0 aliphatic carbocycles. The highest BCUT2D eigenvalue weighted by Crippen LogP contribution is 2.38. The van der Waals surface area contributed by atoms with E-state index in [9.17, 15) is 5.21 Å². The zero-order valence-corrected chi connectivity index (χ0v) is 12.8. The van der Waals surface area contributed by atoms with Crippen molar-refractivity contribution in [2.75, 3.05) is 0 Å². The zero-order valence-electron chi connectivity index (χ0n) is 12.8. The maximum Gasteiger partial charge on any atom is 0.0841 e. The van der Waals surface area contributed by atoms with Crippen LogP contribution in [0.25, 0.3) is 0 Å². The molecule has 0 saturated heterocycles. The Hall–Kier alpha value is -0.800. The van der Waals surface area contributed by atoms with Gasteiger partial charge < -0.3 is 5.32 Å². The van der Waals surface area contributed by atoms with Gasteiger partial charge in [-0.2, -0.15) is 0 Å². The van der Waals surface area contributed by atoms with Crippen LogP contribution >= 0.6 is 0 Å². The molecule has 0 saturated carbocycles. The zero-order chi connectivity index (χ0) is 14.4. The van der Waals surface area contributed by atoms with E-state index in [1.165, 1.54) is 0 Å². The normalized spacial score (nSPS) is 22.8. The Balaban J connectivity index is 2.82. The fourth-order valence-electron chi connectivity index (χ4n) is 2.48. The van der Waals surface area contributed by atoms with E-state index in [0.717, 1.165) is 22.9 Å². The lowest BCUT2D eigenvalue weighted by molar-refractivity contribution is -0.239. The summed E-state index contributed by atoms with van der Waals surface area (Å²) in [5.74, 6) is 0. The minimum Gasteiger partial charge on any atom is -0.361 e. The number of nitrogens with zero attached hydrogens (tertiary/aromatic N) is 1. The molecule has 1 heterocycles. The van der Waals surface area contributed by atoms with Crippen LogP contribution in [0.5, 0.6) is 0 Å². The van der Waals surface area contributed by atoms with Gasteiger partial charge in [0.05, 0.1) is 11.1 Å². The van der Waals surface area contributed by atoms with Gasteiger partial charge in [-0.15, -0.1) is 10.3 Å². The second kappa shape index (κ2) is 4.39. The summed E-state index contributed by atoms with van der Waals surface area (Å²) in [5.41, 5.74) is 1.13. The molecule has 0 bridgehead atoms. The fourth-order valence-corrected chi connectivity index (χ4v) is 2.48. The Labute approximate surface area is 112 Å². The summed E-state index contributed by atoms with van der Waals surface area (Å²) in [6.45, 7) is 18.4. The van der Waals surface area contributed by atoms with Crippen LogP contribution in [0.3, 0.4) is 0 Å². The van der Waals surface area contributed by atoms with Gasteiger partial charge in [0.1, 0.15) is 0 Å². The second-order valence-corrected chi connectivity index (χ2v) is 7.53. The first-order valence-corrected chi connectivity index (χ1v) is 6.52. The van der Waals surface area contributed by atoms with E-state index < -0.39 is 11.1 Å². The van der Waals surface area contributed by atoms with Crippen LogP contribution in [-0.4, -0.2) is 16.1 Å². The van der Waals surface area contributed by atoms with Crippen LogP contribution in [0.15, 0.2) is 24.0 Å². The highest BCUT2D eigenvalue weighted by molar-refractivity contribution is 5.30. The van der Waals surface area contributed by atoms with Crippen molar-refractivity contribution in [3.8, 4) is 0 Å². The monoisotopic (exact) mass is 251 g/mol. The van der Waals surface area contributed by atoms with Crippen molar-refractivity contribution in [3.63, 3.8) is 0 Å². The molecule has 1 N–H and O–H groups in total. The smallest absolute Gasteiger partial charge is 0.0841 e. The average molecular weight is 251 g/mol. The minimum absolute atomic E-state index is 0.195. The van der Waals surface area contributed by atoms with Crippen molar-refractivity contribution in [2.24, 2.45) is 5.41 Å². The van der Waals surface area contributed by atoms with Crippen LogP contribution in [0.4, 0.5) is 0 Å². The molecule has 1 aliphatic rings. The summed E-state index contributed by atoms with van der Waals surface area (Å²) in [6, 6.07) is 0. The van der Waals surface area contributed by atoms with Gasteiger partial charge >= 0.3 is 0 Å². The summed E-state index contributed by atoms with van der Waals surface area (Å²) in [6.07, 6.45) is 2.90. The van der Waals surface area contributed by atoms with Gasteiger partial charge in [-0.05, 0) is 45.6 Å². The lowest BCUT2D eigenvalue weighted by Crippen LogP contribution is -2.48. The van der Waals surface area contributed by atoms with Crippen LogP contribution in [-0.2, 0) is 5.21 Å². The molecule has 0 atom stereocenters. The second-order valence-electron chi connectivity index (χ2n) is 7.53. The quantitative estimate of drug-likeness (QED) is 0.831. The van der Waals surface area contributed by atoms with E-state index >= 15 is 0 Å². The maximum absolute atomic E-state index is 12.2. The first kappa shape index (κ1) is 15.3. The fraction of sp³-hybridized carbons (Fsp3) is 0.733. The minimum atomic E-state index is -0.523. The van der Waals surface area contributed by atoms with Gasteiger partial charge in [-0.25, -0.2) is 0 Å². The van der Waals surface area contributed by atoms with E-state index in [1.54, 1.807) is 0 Å². The summed E-state index contributed by atoms with van der Waals surface area (Å²) in [5, 5.41) is 16.7. The number of nitrogens with one attached hydrogen (secondary N) is 1. The molecule has 0 aromatic rings. The third-order valence-corrected chi connectivity index (χ3v) is 3.24. The van der Waals surface area contributed by atoms with E-state index in [1.807, 2.05) is 33.8 Å². The average Bonchev–Trinajstić information content (AvgIpc) is 2.24. The van der Waals surface area contributed by atoms with Crippen molar-refractivity contribution < 1.29 is 5.21 Å². The van der Waals surface area contributed by atoms with Crippen LogP contribution in [0.1, 0.15) is 54.9 Å². The molecule has 0 aromatic heterocycles. The molecule has 103 valence electrons. The van der Waals surface area contributed by atoms with E-state index in [0.29, 0.717) is 0 Å². The standard InChI is InChI=1S/C15H27N2O/c1-11(9-13(2,3)4)16-12-10-14(5,6)17(18)15(12,7)8/h10,16H,1,9H2,2-8H3. The molecule has 1 aliphatic heterocycles. The topological polar surface area (TPSA) is 35.2 Å². The number of allylic oxidation sites excluding steroid dienone is 1. The number of hydrogen-bond acceptors (Lipinski definition) is 2. The number of rotatable bonds is 3. The Morgan fingerprint density at radius 3 is 2.17 bits per heavy atom. The number of hydrogen-bond donors (Lipinski definition) is 1. The van der Waals surface area contributed by atoms with Crippen molar-refractivity contribution in [1.29, 1.82) is 0 Å². The van der Waals surface area contributed by atoms with Crippen molar-refractivity contribution >= 4 is 0 Å². The first-order chi connectivity index (χ1) is 7.86. The number of hydroxylamine groups is 2. The highest BCUT2D eigenvalue weighted by Gasteiger charge is 2.46. The molecule has 3 nitrogen and oxygen atoms in total. The third-order valence-electron chi connectivity index (χ3n) is 3.24. The van der Waals surface area contributed by atoms with E-state index in [2.05, 4.69) is 32.7 Å². The van der Waals surface area contributed by atoms with E-state index in [-0.39, 0.29) is 5.41 Å². The van der Waals surface area contributed by atoms with Crippen molar-refractivity contribution in [2.45, 2.75) is 66.0 Å². The van der Waals surface area contributed by atoms with Gasteiger partial charge in [-0.1, -0.05) is 27.4 Å². The predicted octanol–water partition coefficient (Wildman–Crippen LogP) is 3.63. The third kappa shape index (κ3) is 3.15. The Bertz CT molecular complexity index is 372. The Morgan fingerprint density at radius 1 is 1.33 bits per heavy atom. The lowest BCUT2D eigenvalue weighted by Gasteiger charge is -2.34. The van der Waals surface area contributed by atoms with Crippen molar-refractivity contribution in [1.82, 2.24) is 10.4 Å². The molecular formula is C15H27N2O. The largest absolute Gasteiger partial charge is 0.361 e. The van der Waals surface area contributed by atoms with Crippen LogP contribution < -0.4 is 5.32 Å². The molecule has 0 unspecified atom stereocenters. The molecule has 0 fully saturated rings. The summed E-state index contributed by atoms with van der Waals surface area (Å²) in [7, 11) is 0. The summed E-state index contributed by atoms with van der Waals surface area (Å²) in [4.78, 5) is 0. The van der Waals surface area contributed by atoms with Gasteiger partial charge in [-0.3, -0.25) is 0 Å². The van der Waals surface area contributed by atoms with Gasteiger partial charge in [0.2, 0.25) is 0 Å². The van der Waals surface area contributed by atoms with Gasteiger partial charge in [0, 0.05) is 11.4 Å². The van der Waals surface area contributed by atoms with Gasteiger partial charge in [0.15, 0.2) is 0 Å². The van der Waals surface area contributed by atoms with E-state index in [4.69, 9.17) is 0 Å². The molecular weight excluding hydrogens is 224 g/mol. The molecule has 1 radical (unpaired) electrons. The Morgan fingerprint density at radius 2 is 1.83 bits per heavy atom. The molecule has 0 aromatic carbocycles. The molecule has 0 spiro atoms.